The van der Waals surface area contributed by atoms with Crippen molar-refractivity contribution in [1.29, 1.82) is 0 Å². The van der Waals surface area contributed by atoms with Crippen LogP contribution in [0.15, 0.2) is 18.2 Å². The fourth-order valence-electron chi connectivity index (χ4n) is 2.67. The van der Waals surface area contributed by atoms with Gasteiger partial charge >= 0.3 is 0 Å². The Hall–Kier alpha value is -1.13. The van der Waals surface area contributed by atoms with Crippen LogP contribution in [0.4, 0.5) is 10.1 Å². The van der Waals surface area contributed by atoms with Crippen molar-refractivity contribution in [3.8, 4) is 0 Å². The molecule has 1 unspecified atom stereocenters. The summed E-state index contributed by atoms with van der Waals surface area (Å²) in [5, 5.41) is 3.23. The van der Waals surface area contributed by atoms with Crippen LogP contribution in [0.5, 0.6) is 0 Å². The molecule has 112 valence electrons. The van der Waals surface area contributed by atoms with Gasteiger partial charge in [0.1, 0.15) is 5.82 Å². The number of hydrogen-bond donors (Lipinski definition) is 1. The largest absolute Gasteiger partial charge is 0.381 e. The fraction of sp³-hybridized carbons (Fsp3) is 0.625. The molecule has 1 heterocycles. The Bertz CT molecular complexity index is 419. The van der Waals surface area contributed by atoms with Gasteiger partial charge in [0.05, 0.1) is 6.61 Å². The van der Waals surface area contributed by atoms with Gasteiger partial charge in [-0.2, -0.15) is 0 Å². The molecule has 1 aliphatic rings. The maximum absolute atomic E-state index is 13.7. The standard InChI is InChI=1S/C16H25FN2O/c1-3-18-10-14-7-15(17)9-16(8-14)19(2)11-13-5-4-6-20-12-13/h7-9,13,18H,3-6,10-12H2,1-2H3. The molecule has 1 fully saturated rings. The molecule has 1 atom stereocenters. The summed E-state index contributed by atoms with van der Waals surface area (Å²) in [4.78, 5) is 2.14. The lowest BCUT2D eigenvalue weighted by Gasteiger charge is -2.28. The maximum Gasteiger partial charge on any atom is 0.125 e. The fourth-order valence-corrected chi connectivity index (χ4v) is 2.67. The summed E-state index contributed by atoms with van der Waals surface area (Å²) in [7, 11) is 2.03. The molecule has 2 rings (SSSR count). The van der Waals surface area contributed by atoms with Crippen LogP contribution in [0.1, 0.15) is 25.3 Å². The van der Waals surface area contributed by atoms with Crippen LogP contribution in [-0.2, 0) is 11.3 Å². The monoisotopic (exact) mass is 280 g/mol. The number of nitrogens with zero attached hydrogens (tertiary/aromatic N) is 1. The van der Waals surface area contributed by atoms with Crippen LogP contribution in [0, 0.1) is 11.7 Å². The third-order valence-corrected chi connectivity index (χ3v) is 3.75. The van der Waals surface area contributed by atoms with Gasteiger partial charge in [-0.1, -0.05) is 6.92 Å². The van der Waals surface area contributed by atoms with Crippen molar-refractivity contribution in [2.45, 2.75) is 26.3 Å². The highest BCUT2D eigenvalue weighted by Gasteiger charge is 2.16. The Morgan fingerprint density at radius 1 is 1.40 bits per heavy atom. The highest BCUT2D eigenvalue weighted by molar-refractivity contribution is 5.48. The molecule has 0 aliphatic carbocycles. The lowest BCUT2D eigenvalue weighted by atomic mass is 10.0. The molecule has 20 heavy (non-hydrogen) atoms. The van der Waals surface area contributed by atoms with Crippen molar-refractivity contribution in [3.63, 3.8) is 0 Å². The van der Waals surface area contributed by atoms with Gasteiger partial charge < -0.3 is 15.0 Å². The lowest BCUT2D eigenvalue weighted by molar-refractivity contribution is 0.0576. The van der Waals surface area contributed by atoms with Gasteiger partial charge in [0.25, 0.3) is 0 Å². The first-order chi connectivity index (χ1) is 9.69. The molecular weight excluding hydrogens is 255 g/mol. The van der Waals surface area contributed by atoms with Crippen molar-refractivity contribution < 1.29 is 9.13 Å². The SMILES string of the molecule is CCNCc1cc(F)cc(N(C)CC2CCCOC2)c1. The number of halogens is 1. The molecule has 0 saturated carbocycles. The van der Waals surface area contributed by atoms with E-state index in [-0.39, 0.29) is 5.82 Å². The summed E-state index contributed by atoms with van der Waals surface area (Å²) in [6.45, 7) is 6.28. The summed E-state index contributed by atoms with van der Waals surface area (Å²) >= 11 is 0. The molecule has 1 aromatic carbocycles. The zero-order chi connectivity index (χ0) is 14.4. The van der Waals surface area contributed by atoms with E-state index in [0.29, 0.717) is 12.5 Å². The van der Waals surface area contributed by atoms with E-state index in [2.05, 4.69) is 23.2 Å². The van der Waals surface area contributed by atoms with E-state index < -0.39 is 0 Å². The number of rotatable bonds is 6. The number of hydrogen-bond acceptors (Lipinski definition) is 3. The van der Waals surface area contributed by atoms with Crippen molar-refractivity contribution in [1.82, 2.24) is 5.32 Å². The molecule has 0 radical (unpaired) electrons. The summed E-state index contributed by atoms with van der Waals surface area (Å²) in [5.74, 6) is 0.386. The van der Waals surface area contributed by atoms with Gasteiger partial charge in [-0.05, 0) is 49.1 Å². The van der Waals surface area contributed by atoms with Crippen LogP contribution in [0.25, 0.3) is 0 Å². The molecule has 1 saturated heterocycles. The summed E-state index contributed by atoms with van der Waals surface area (Å²) in [5.41, 5.74) is 1.94. The van der Waals surface area contributed by atoms with Crippen LogP contribution in [0.2, 0.25) is 0 Å². The van der Waals surface area contributed by atoms with Crippen molar-refractivity contribution in [2.75, 3.05) is 38.3 Å². The molecule has 1 aromatic rings. The van der Waals surface area contributed by atoms with Gasteiger partial charge in [-0.3, -0.25) is 0 Å². The molecule has 3 nitrogen and oxygen atoms in total. The molecular formula is C16H25FN2O. The predicted octanol–water partition coefficient (Wildman–Crippen LogP) is 2.80. The average molecular weight is 280 g/mol. The normalized spacial score (nSPS) is 19.1. The highest BCUT2D eigenvalue weighted by atomic mass is 19.1. The molecule has 0 spiro atoms. The van der Waals surface area contributed by atoms with E-state index in [4.69, 9.17) is 4.74 Å². The quantitative estimate of drug-likeness (QED) is 0.867. The van der Waals surface area contributed by atoms with Gasteiger partial charge in [0.2, 0.25) is 0 Å². The molecule has 1 aliphatic heterocycles. The minimum absolute atomic E-state index is 0.165. The zero-order valence-electron chi connectivity index (χ0n) is 12.5. The predicted molar refractivity (Wildman–Crippen MR) is 80.6 cm³/mol. The lowest BCUT2D eigenvalue weighted by Crippen LogP contribution is -2.31. The summed E-state index contributed by atoms with van der Waals surface area (Å²) < 4.78 is 19.2. The van der Waals surface area contributed by atoms with E-state index in [0.717, 1.165) is 44.0 Å². The summed E-state index contributed by atoms with van der Waals surface area (Å²) in [6, 6.07) is 5.28. The molecule has 0 amide bonds. The van der Waals surface area contributed by atoms with Crippen LogP contribution >= 0.6 is 0 Å². The van der Waals surface area contributed by atoms with Crippen molar-refractivity contribution in [3.05, 3.63) is 29.6 Å². The van der Waals surface area contributed by atoms with E-state index >= 15 is 0 Å². The highest BCUT2D eigenvalue weighted by Crippen LogP contribution is 2.21. The third kappa shape index (κ3) is 4.46. The van der Waals surface area contributed by atoms with E-state index in [1.54, 1.807) is 12.1 Å². The van der Waals surface area contributed by atoms with Gasteiger partial charge in [-0.25, -0.2) is 4.39 Å². The third-order valence-electron chi connectivity index (χ3n) is 3.75. The van der Waals surface area contributed by atoms with Crippen molar-refractivity contribution >= 4 is 5.69 Å². The van der Waals surface area contributed by atoms with Gasteiger partial charge in [0.15, 0.2) is 0 Å². The molecule has 0 aromatic heterocycles. The van der Waals surface area contributed by atoms with Crippen molar-refractivity contribution in [2.24, 2.45) is 5.92 Å². The van der Waals surface area contributed by atoms with E-state index in [1.165, 1.54) is 6.42 Å². The number of ether oxygens (including phenoxy) is 1. The minimum Gasteiger partial charge on any atom is -0.381 e. The molecule has 1 N–H and O–H groups in total. The summed E-state index contributed by atoms with van der Waals surface area (Å²) in [6.07, 6.45) is 2.33. The Morgan fingerprint density at radius 3 is 2.95 bits per heavy atom. The second-order valence-corrected chi connectivity index (χ2v) is 5.56. The maximum atomic E-state index is 13.7. The van der Waals surface area contributed by atoms with Crippen LogP contribution in [0.3, 0.4) is 0 Å². The van der Waals surface area contributed by atoms with Gasteiger partial charge in [0, 0.05) is 32.4 Å². The Labute approximate surface area is 121 Å². The number of benzene rings is 1. The second-order valence-electron chi connectivity index (χ2n) is 5.56. The Morgan fingerprint density at radius 2 is 2.25 bits per heavy atom. The van der Waals surface area contributed by atoms with Gasteiger partial charge in [-0.15, -0.1) is 0 Å². The number of nitrogens with one attached hydrogen (secondary N) is 1. The number of anilines is 1. The average Bonchev–Trinajstić information content (AvgIpc) is 2.45. The smallest absolute Gasteiger partial charge is 0.125 e. The first-order valence-electron chi connectivity index (χ1n) is 7.48. The Kier molecular flexibility index (Phi) is 5.80. The molecule has 0 bridgehead atoms. The van der Waals surface area contributed by atoms with Crippen LogP contribution in [-0.4, -0.2) is 33.4 Å². The Balaban J connectivity index is 2.00. The topological polar surface area (TPSA) is 24.5 Å². The molecule has 4 heteroatoms. The first kappa shape index (κ1) is 15.3. The zero-order valence-corrected chi connectivity index (χ0v) is 12.5. The van der Waals surface area contributed by atoms with Crippen LogP contribution < -0.4 is 10.2 Å². The first-order valence-corrected chi connectivity index (χ1v) is 7.48. The van der Waals surface area contributed by atoms with E-state index in [1.807, 2.05) is 7.05 Å². The second kappa shape index (κ2) is 7.60. The minimum atomic E-state index is -0.165. The van der Waals surface area contributed by atoms with E-state index in [9.17, 15) is 4.39 Å².